The largest absolute Gasteiger partial charge is 0.543 e. The fraction of sp³-hybridized carbons (Fsp3) is 0.500. The molecule has 1 nitrogen and oxygen atoms in total. The maximum absolute atomic E-state index is 6.65. The lowest BCUT2D eigenvalue weighted by atomic mass is 10.1. The lowest BCUT2D eigenvalue weighted by Gasteiger charge is -2.37. The first kappa shape index (κ1) is 20.3. The number of halogens is 1. The summed E-state index contributed by atoms with van der Waals surface area (Å²) in [6, 6.07) is 6.53. The second-order valence-corrected chi connectivity index (χ2v) is 13.4. The van der Waals surface area contributed by atoms with Crippen molar-refractivity contribution in [2.45, 2.75) is 65.1 Å². The fourth-order valence-electron chi connectivity index (χ4n) is 1.90. The van der Waals surface area contributed by atoms with E-state index in [0.717, 1.165) is 25.0 Å². The summed E-state index contributed by atoms with van der Waals surface area (Å²) < 4.78 is 7.88. The van der Waals surface area contributed by atoms with Crippen LogP contribution in [0.2, 0.25) is 18.1 Å². The van der Waals surface area contributed by atoms with Crippen molar-refractivity contribution in [1.82, 2.24) is 0 Å². The zero-order valence-corrected chi connectivity index (χ0v) is 18.5. The maximum atomic E-state index is 6.65. The monoisotopic (exact) mass is 440 g/mol. The van der Waals surface area contributed by atoms with Gasteiger partial charge in [-0.25, -0.2) is 0 Å². The first-order valence-corrected chi connectivity index (χ1v) is 12.2. The Morgan fingerprint density at radius 2 is 2.00 bits per heavy atom. The van der Waals surface area contributed by atoms with Crippen LogP contribution in [-0.2, 0) is 4.43 Å². The second kappa shape index (κ2) is 8.39. The molecule has 0 aliphatic carbocycles. The molecule has 0 saturated heterocycles. The van der Waals surface area contributed by atoms with Gasteiger partial charge < -0.3 is 4.43 Å². The minimum atomic E-state index is -1.87. The summed E-state index contributed by atoms with van der Waals surface area (Å²) >= 11 is 2.40. The van der Waals surface area contributed by atoms with E-state index in [9.17, 15) is 0 Å². The number of hydrogen-bond acceptors (Lipinski definition) is 1. The Morgan fingerprint density at radius 3 is 2.57 bits per heavy atom. The van der Waals surface area contributed by atoms with E-state index in [2.05, 4.69) is 93.6 Å². The molecule has 0 bridgehead atoms. The molecule has 0 aromatic heterocycles. The standard InChI is InChI=1S/C20H29IOSi/c1-8-9-10-11-12-19(22-23(6,7)20(3,4)5)17-15-16(2)13-14-18(17)21/h1,12-15H,9-11H2,2-7H3/b19-12-. The molecule has 0 spiro atoms. The number of allylic oxidation sites excluding steroid dienone is 1. The number of unbranched alkanes of at least 4 members (excludes halogenated alkanes) is 2. The van der Waals surface area contributed by atoms with E-state index >= 15 is 0 Å². The molecule has 0 heterocycles. The van der Waals surface area contributed by atoms with Gasteiger partial charge in [0.05, 0.1) is 0 Å². The van der Waals surface area contributed by atoms with Crippen molar-refractivity contribution in [2.24, 2.45) is 0 Å². The molecule has 0 aliphatic rings. The van der Waals surface area contributed by atoms with Gasteiger partial charge in [0.1, 0.15) is 5.76 Å². The molecular formula is C20H29IOSi. The van der Waals surface area contributed by atoms with Crippen LogP contribution in [0.25, 0.3) is 5.76 Å². The van der Waals surface area contributed by atoms with Crippen LogP contribution >= 0.6 is 22.6 Å². The second-order valence-electron chi connectivity index (χ2n) is 7.51. The van der Waals surface area contributed by atoms with Crippen LogP contribution < -0.4 is 0 Å². The zero-order valence-electron chi connectivity index (χ0n) is 15.3. The van der Waals surface area contributed by atoms with Gasteiger partial charge in [0.15, 0.2) is 0 Å². The van der Waals surface area contributed by atoms with E-state index in [1.54, 1.807) is 0 Å². The van der Waals surface area contributed by atoms with E-state index in [4.69, 9.17) is 10.8 Å². The van der Waals surface area contributed by atoms with Crippen molar-refractivity contribution in [2.75, 3.05) is 0 Å². The molecule has 0 atom stereocenters. The molecule has 0 amide bonds. The molecule has 23 heavy (non-hydrogen) atoms. The molecule has 1 rings (SSSR count). The summed E-state index contributed by atoms with van der Waals surface area (Å²) in [5.74, 6) is 3.74. The molecule has 0 fully saturated rings. The Balaban J connectivity index is 3.17. The predicted molar refractivity (Wildman–Crippen MR) is 113 cm³/mol. The van der Waals surface area contributed by atoms with Gasteiger partial charge >= 0.3 is 0 Å². The van der Waals surface area contributed by atoms with Crippen molar-refractivity contribution < 1.29 is 4.43 Å². The number of aryl methyl sites for hydroxylation is 1. The highest BCUT2D eigenvalue weighted by molar-refractivity contribution is 14.1. The Labute approximate surface area is 157 Å². The lowest BCUT2D eigenvalue weighted by molar-refractivity contribution is 0.456. The number of rotatable bonds is 6. The summed E-state index contributed by atoms with van der Waals surface area (Å²) in [6.45, 7) is 13.5. The van der Waals surface area contributed by atoms with Gasteiger partial charge in [-0.15, -0.1) is 12.3 Å². The Hall–Kier alpha value is -0.733. The third-order valence-corrected chi connectivity index (χ3v) is 9.70. The molecule has 126 valence electrons. The zero-order chi connectivity index (χ0) is 17.7. The van der Waals surface area contributed by atoms with Crippen molar-refractivity contribution in [3.05, 3.63) is 39.0 Å². The Kier molecular flexibility index (Phi) is 7.41. The highest BCUT2D eigenvalue weighted by Gasteiger charge is 2.39. The topological polar surface area (TPSA) is 9.23 Å². The van der Waals surface area contributed by atoms with Crippen molar-refractivity contribution >= 4 is 36.7 Å². The van der Waals surface area contributed by atoms with Crippen LogP contribution in [0.3, 0.4) is 0 Å². The van der Waals surface area contributed by atoms with Crippen LogP contribution in [0, 0.1) is 22.8 Å². The SMILES string of the molecule is C#CCCC/C=C(\O[Si](C)(C)C(C)(C)C)c1cc(C)ccc1I. The maximum Gasteiger partial charge on any atom is 0.250 e. The van der Waals surface area contributed by atoms with Crippen LogP contribution in [0.15, 0.2) is 24.3 Å². The summed E-state index contributed by atoms with van der Waals surface area (Å²) in [7, 11) is -1.87. The predicted octanol–water partition coefficient (Wildman–Crippen LogP) is 6.77. The summed E-state index contributed by atoms with van der Waals surface area (Å²) in [5, 5.41) is 0.181. The Morgan fingerprint density at radius 1 is 1.35 bits per heavy atom. The third-order valence-electron chi connectivity index (χ3n) is 4.41. The van der Waals surface area contributed by atoms with E-state index in [-0.39, 0.29) is 5.04 Å². The fourth-order valence-corrected chi connectivity index (χ4v) is 3.55. The van der Waals surface area contributed by atoms with E-state index in [0.29, 0.717) is 0 Å². The number of benzene rings is 1. The average Bonchev–Trinajstić information content (AvgIpc) is 2.43. The van der Waals surface area contributed by atoms with Crippen LogP contribution in [0.1, 0.15) is 51.2 Å². The Bertz CT molecular complexity index is 603. The van der Waals surface area contributed by atoms with Crippen LogP contribution in [0.5, 0.6) is 0 Å². The van der Waals surface area contributed by atoms with Gasteiger partial charge in [0.25, 0.3) is 0 Å². The van der Waals surface area contributed by atoms with Gasteiger partial charge in [-0.3, -0.25) is 0 Å². The number of hydrogen-bond donors (Lipinski definition) is 0. The van der Waals surface area contributed by atoms with E-state index in [1.165, 1.54) is 14.7 Å². The van der Waals surface area contributed by atoms with Crippen LogP contribution in [-0.4, -0.2) is 8.32 Å². The molecule has 0 N–H and O–H groups in total. The van der Waals surface area contributed by atoms with Crippen molar-refractivity contribution in [3.63, 3.8) is 0 Å². The summed E-state index contributed by atoms with van der Waals surface area (Å²) in [4.78, 5) is 0. The van der Waals surface area contributed by atoms with Gasteiger partial charge in [0.2, 0.25) is 8.32 Å². The smallest absolute Gasteiger partial charge is 0.250 e. The minimum absolute atomic E-state index is 0.181. The highest BCUT2D eigenvalue weighted by Crippen LogP contribution is 2.40. The molecule has 0 saturated carbocycles. The molecule has 0 radical (unpaired) electrons. The van der Waals surface area contributed by atoms with Crippen LogP contribution in [0.4, 0.5) is 0 Å². The number of terminal acetylenes is 1. The molecular weight excluding hydrogens is 411 g/mol. The molecule has 0 aliphatic heterocycles. The highest BCUT2D eigenvalue weighted by atomic mass is 127. The average molecular weight is 440 g/mol. The minimum Gasteiger partial charge on any atom is -0.543 e. The van der Waals surface area contributed by atoms with Crippen molar-refractivity contribution in [3.8, 4) is 12.3 Å². The molecule has 1 aromatic rings. The quantitative estimate of drug-likeness (QED) is 0.156. The lowest BCUT2D eigenvalue weighted by Crippen LogP contribution is -2.40. The first-order chi connectivity index (χ1) is 10.6. The summed E-state index contributed by atoms with van der Waals surface area (Å²) in [5.41, 5.74) is 2.46. The van der Waals surface area contributed by atoms with Gasteiger partial charge in [-0.1, -0.05) is 32.4 Å². The van der Waals surface area contributed by atoms with E-state index < -0.39 is 8.32 Å². The first-order valence-electron chi connectivity index (χ1n) is 8.17. The normalized spacial score (nSPS) is 12.9. The third kappa shape index (κ3) is 6.00. The van der Waals surface area contributed by atoms with Gasteiger partial charge in [-0.05, 0) is 78.7 Å². The van der Waals surface area contributed by atoms with Gasteiger partial charge in [-0.2, -0.15) is 0 Å². The molecule has 3 heteroatoms. The van der Waals surface area contributed by atoms with Crippen molar-refractivity contribution in [1.29, 1.82) is 0 Å². The molecule has 1 aromatic carbocycles. The van der Waals surface area contributed by atoms with Gasteiger partial charge in [0, 0.05) is 15.6 Å². The summed E-state index contributed by atoms with van der Waals surface area (Å²) in [6.07, 6.45) is 10.4. The van der Waals surface area contributed by atoms with E-state index in [1.807, 2.05) is 0 Å². The molecule has 0 unspecified atom stereocenters.